The molecule has 2 aromatic rings. The third-order valence-electron chi connectivity index (χ3n) is 3.34. The van der Waals surface area contributed by atoms with Gasteiger partial charge in [-0.2, -0.15) is 0 Å². The molecule has 128 valence electrons. The van der Waals surface area contributed by atoms with E-state index >= 15 is 0 Å². The molecule has 0 aliphatic rings. The van der Waals surface area contributed by atoms with Gasteiger partial charge < -0.3 is 10.4 Å². The quantitative estimate of drug-likeness (QED) is 0.837. The maximum atomic E-state index is 13.9. The fourth-order valence-corrected chi connectivity index (χ4v) is 2.20. The van der Waals surface area contributed by atoms with Gasteiger partial charge in [0.05, 0.1) is 12.2 Å². The number of rotatable bonds is 6. The number of aromatic carboxylic acids is 1. The predicted octanol–water partition coefficient (Wildman–Crippen LogP) is 1.77. The van der Waals surface area contributed by atoms with Crippen molar-refractivity contribution in [3.8, 4) is 0 Å². The molecule has 1 unspecified atom stereocenters. The minimum atomic E-state index is -1.25. The molecule has 1 aromatic heterocycles. The number of nitrogens with one attached hydrogen (secondary N) is 1. The summed E-state index contributed by atoms with van der Waals surface area (Å²) in [4.78, 5) is 22.8. The van der Waals surface area contributed by atoms with Gasteiger partial charge in [-0.15, -0.1) is 5.10 Å². The molecule has 0 fully saturated rings. The Hall–Kier alpha value is -2.84. The lowest BCUT2D eigenvalue weighted by atomic mass is 9.95. The first kappa shape index (κ1) is 17.5. The first-order chi connectivity index (χ1) is 11.3. The van der Waals surface area contributed by atoms with Gasteiger partial charge in [0, 0.05) is 11.6 Å². The number of carboxylic acids is 1. The van der Waals surface area contributed by atoms with E-state index in [0.717, 1.165) is 23.0 Å². The van der Waals surface area contributed by atoms with Crippen molar-refractivity contribution in [2.75, 3.05) is 0 Å². The molecule has 7 nitrogen and oxygen atoms in total. The van der Waals surface area contributed by atoms with Crippen LogP contribution in [0.1, 0.15) is 35.9 Å². The second-order valence-electron chi connectivity index (χ2n) is 5.56. The highest BCUT2D eigenvalue weighted by molar-refractivity contribution is 5.84. The normalized spacial score (nSPS) is 12.2. The Kier molecular flexibility index (Phi) is 5.22. The molecule has 0 aliphatic heterocycles. The number of hydrogen-bond acceptors (Lipinski definition) is 4. The molecule has 0 radical (unpaired) electrons. The summed E-state index contributed by atoms with van der Waals surface area (Å²) in [6.07, 6.45) is 1.12. The topological polar surface area (TPSA) is 97.1 Å². The van der Waals surface area contributed by atoms with Gasteiger partial charge in [0.2, 0.25) is 5.91 Å². The first-order valence-corrected chi connectivity index (χ1v) is 7.15. The van der Waals surface area contributed by atoms with Gasteiger partial charge in [0.25, 0.3) is 0 Å². The number of carbonyl (C=O) groups is 2. The van der Waals surface area contributed by atoms with E-state index in [-0.39, 0.29) is 23.7 Å². The first-order valence-electron chi connectivity index (χ1n) is 7.15. The number of hydrogen-bond donors (Lipinski definition) is 2. The van der Waals surface area contributed by atoms with Crippen molar-refractivity contribution in [1.82, 2.24) is 20.3 Å². The molecule has 9 heteroatoms. The van der Waals surface area contributed by atoms with Crippen molar-refractivity contribution in [3.63, 3.8) is 0 Å². The van der Waals surface area contributed by atoms with Crippen molar-refractivity contribution in [1.29, 1.82) is 0 Å². The molecule has 0 aliphatic carbocycles. The molecule has 1 heterocycles. The lowest BCUT2D eigenvalue weighted by Gasteiger charge is -2.23. The molecule has 0 spiro atoms. The van der Waals surface area contributed by atoms with Crippen LogP contribution in [0, 0.1) is 17.6 Å². The average molecular weight is 338 g/mol. The molecule has 0 saturated heterocycles. The van der Waals surface area contributed by atoms with Crippen molar-refractivity contribution in [3.05, 3.63) is 47.3 Å². The molecule has 1 aromatic carbocycles. The fraction of sp³-hybridized carbons (Fsp3) is 0.333. The molecular weight excluding hydrogens is 322 g/mol. The molecule has 2 rings (SSSR count). The van der Waals surface area contributed by atoms with Crippen LogP contribution < -0.4 is 5.32 Å². The van der Waals surface area contributed by atoms with Gasteiger partial charge in [-0.25, -0.2) is 18.3 Å². The highest BCUT2D eigenvalue weighted by Crippen LogP contribution is 2.24. The van der Waals surface area contributed by atoms with Crippen LogP contribution in [0.5, 0.6) is 0 Å². The highest BCUT2D eigenvalue weighted by atomic mass is 19.1. The Morgan fingerprint density at radius 2 is 2.04 bits per heavy atom. The van der Waals surface area contributed by atoms with Crippen LogP contribution in [0.3, 0.4) is 0 Å². The van der Waals surface area contributed by atoms with E-state index in [1.54, 1.807) is 13.8 Å². The average Bonchev–Trinajstić information content (AvgIpc) is 2.94. The summed E-state index contributed by atoms with van der Waals surface area (Å²) in [7, 11) is 0. The van der Waals surface area contributed by atoms with Crippen LogP contribution in [0.25, 0.3) is 0 Å². The largest absolute Gasteiger partial charge is 0.476 e. The maximum absolute atomic E-state index is 13.9. The van der Waals surface area contributed by atoms with Gasteiger partial charge in [-0.1, -0.05) is 25.1 Å². The van der Waals surface area contributed by atoms with E-state index in [9.17, 15) is 18.4 Å². The fourth-order valence-electron chi connectivity index (χ4n) is 2.20. The summed E-state index contributed by atoms with van der Waals surface area (Å²) in [5.74, 6) is -3.36. The summed E-state index contributed by atoms with van der Waals surface area (Å²) >= 11 is 0. The summed E-state index contributed by atoms with van der Waals surface area (Å²) < 4.78 is 28.0. The van der Waals surface area contributed by atoms with E-state index in [2.05, 4.69) is 15.6 Å². The zero-order valence-electron chi connectivity index (χ0n) is 13.0. The second kappa shape index (κ2) is 7.16. The number of nitrogens with zero attached hydrogens (tertiary/aromatic N) is 3. The molecular formula is C15H16F2N4O3. The van der Waals surface area contributed by atoms with E-state index in [4.69, 9.17) is 5.11 Å². The van der Waals surface area contributed by atoms with Crippen molar-refractivity contribution < 1.29 is 23.5 Å². The highest BCUT2D eigenvalue weighted by Gasteiger charge is 2.22. The summed E-state index contributed by atoms with van der Waals surface area (Å²) in [5, 5.41) is 18.3. The van der Waals surface area contributed by atoms with E-state index < -0.39 is 29.6 Å². The van der Waals surface area contributed by atoms with Crippen molar-refractivity contribution in [2.45, 2.75) is 26.4 Å². The standard InChI is InChI=1S/C15H16F2N4O3/c1-8(2)14(10-4-3-9(16)5-11(10)17)18-13(22)7-21-6-12(15(23)24)19-20-21/h3-6,8,14H,7H2,1-2H3,(H,18,22)(H,23,24). The van der Waals surface area contributed by atoms with Gasteiger partial charge in [0.1, 0.15) is 18.2 Å². The SMILES string of the molecule is CC(C)C(NC(=O)Cn1cc(C(=O)O)nn1)c1ccc(F)cc1F. The minimum absolute atomic E-state index is 0.153. The van der Waals surface area contributed by atoms with E-state index in [1.807, 2.05) is 0 Å². The Morgan fingerprint density at radius 3 is 2.58 bits per heavy atom. The number of aromatic nitrogens is 3. The number of amides is 1. The zero-order valence-corrected chi connectivity index (χ0v) is 13.0. The van der Waals surface area contributed by atoms with Gasteiger partial charge in [-0.05, 0) is 12.0 Å². The lowest BCUT2D eigenvalue weighted by molar-refractivity contribution is -0.123. The smallest absolute Gasteiger partial charge is 0.358 e. The van der Waals surface area contributed by atoms with Crippen LogP contribution in [0.4, 0.5) is 8.78 Å². The maximum Gasteiger partial charge on any atom is 0.358 e. The Balaban J connectivity index is 2.12. The molecule has 24 heavy (non-hydrogen) atoms. The van der Waals surface area contributed by atoms with Crippen molar-refractivity contribution in [2.24, 2.45) is 5.92 Å². The van der Waals surface area contributed by atoms with Gasteiger partial charge in [0.15, 0.2) is 5.69 Å². The number of benzene rings is 1. The number of carbonyl (C=O) groups excluding carboxylic acids is 1. The predicted molar refractivity (Wildman–Crippen MR) is 79.1 cm³/mol. The van der Waals surface area contributed by atoms with Crippen LogP contribution >= 0.6 is 0 Å². The number of carboxylic acid groups (broad SMARTS) is 1. The lowest BCUT2D eigenvalue weighted by Crippen LogP contribution is -2.34. The molecule has 1 atom stereocenters. The summed E-state index contributed by atoms with van der Waals surface area (Å²) in [6, 6.07) is 2.50. The van der Waals surface area contributed by atoms with E-state index in [0.29, 0.717) is 0 Å². The molecule has 1 amide bonds. The monoisotopic (exact) mass is 338 g/mol. The van der Waals surface area contributed by atoms with Crippen LogP contribution in [0.2, 0.25) is 0 Å². The zero-order chi connectivity index (χ0) is 17.9. The van der Waals surface area contributed by atoms with E-state index in [1.165, 1.54) is 6.07 Å². The van der Waals surface area contributed by atoms with Crippen LogP contribution in [0.15, 0.2) is 24.4 Å². The number of halogens is 2. The third-order valence-corrected chi connectivity index (χ3v) is 3.34. The Bertz CT molecular complexity index is 761. The Labute approximate surface area is 136 Å². The Morgan fingerprint density at radius 1 is 1.33 bits per heavy atom. The molecule has 2 N–H and O–H groups in total. The summed E-state index contributed by atoms with van der Waals surface area (Å²) in [5.41, 5.74) is -0.114. The summed E-state index contributed by atoms with van der Waals surface area (Å²) in [6.45, 7) is 3.30. The van der Waals surface area contributed by atoms with Gasteiger partial charge in [-0.3, -0.25) is 4.79 Å². The van der Waals surface area contributed by atoms with Crippen LogP contribution in [-0.2, 0) is 11.3 Å². The minimum Gasteiger partial charge on any atom is -0.476 e. The second-order valence-corrected chi connectivity index (χ2v) is 5.56. The molecule has 0 saturated carbocycles. The van der Waals surface area contributed by atoms with Crippen LogP contribution in [-0.4, -0.2) is 32.0 Å². The van der Waals surface area contributed by atoms with Gasteiger partial charge >= 0.3 is 5.97 Å². The third kappa shape index (κ3) is 4.12. The van der Waals surface area contributed by atoms with Crippen molar-refractivity contribution >= 4 is 11.9 Å². The molecule has 0 bridgehead atoms.